The fourth-order valence-corrected chi connectivity index (χ4v) is 3.90. The average molecular weight is 387 g/mol. The zero-order valence-electron chi connectivity index (χ0n) is 16.2. The molecule has 2 aliphatic rings. The van der Waals surface area contributed by atoms with Crippen LogP contribution in [0, 0.1) is 12.7 Å². The van der Waals surface area contributed by atoms with Gasteiger partial charge in [-0.25, -0.2) is 4.39 Å². The summed E-state index contributed by atoms with van der Waals surface area (Å²) in [5, 5.41) is 16.7. The Balaban J connectivity index is 1.56. The van der Waals surface area contributed by atoms with Crippen LogP contribution in [0.15, 0.2) is 22.7 Å². The first-order valence-electron chi connectivity index (χ1n) is 9.93. The van der Waals surface area contributed by atoms with Gasteiger partial charge < -0.3 is 19.8 Å². The van der Waals surface area contributed by atoms with Crippen molar-refractivity contribution in [3.63, 3.8) is 0 Å². The molecule has 1 atom stereocenters. The van der Waals surface area contributed by atoms with E-state index in [2.05, 4.69) is 15.4 Å². The minimum Gasteiger partial charge on any atom is -0.393 e. The van der Waals surface area contributed by atoms with Gasteiger partial charge in [0.05, 0.1) is 17.8 Å². The van der Waals surface area contributed by atoms with E-state index in [1.54, 1.807) is 13.0 Å². The number of benzene rings is 1. The number of aliphatic hydroxyl groups excluding tert-OH is 1. The molecule has 0 unspecified atom stereocenters. The molecule has 28 heavy (non-hydrogen) atoms. The first-order chi connectivity index (χ1) is 13.4. The summed E-state index contributed by atoms with van der Waals surface area (Å²) in [4.78, 5) is 15.1. The molecule has 1 aliphatic carbocycles. The fourth-order valence-electron chi connectivity index (χ4n) is 3.90. The number of hydrogen-bond donors (Lipinski definition) is 2. The van der Waals surface area contributed by atoms with Crippen LogP contribution < -0.4 is 10.2 Å². The number of piperidine rings is 1. The molecule has 1 saturated carbocycles. The first-order valence-corrected chi connectivity index (χ1v) is 9.93. The van der Waals surface area contributed by atoms with E-state index in [0.717, 1.165) is 24.1 Å². The summed E-state index contributed by atoms with van der Waals surface area (Å²) >= 11 is 0. The van der Waals surface area contributed by atoms with Gasteiger partial charge in [-0.1, -0.05) is 5.16 Å². The van der Waals surface area contributed by atoms with Gasteiger partial charge in [-0.05, 0) is 57.7 Å². The molecule has 150 valence electrons. The van der Waals surface area contributed by atoms with E-state index in [-0.39, 0.29) is 29.8 Å². The highest BCUT2D eigenvalue weighted by Gasteiger charge is 2.34. The van der Waals surface area contributed by atoms with E-state index in [0.29, 0.717) is 42.9 Å². The van der Waals surface area contributed by atoms with Gasteiger partial charge in [-0.15, -0.1) is 0 Å². The number of aliphatic hydroxyl groups is 1. The van der Waals surface area contributed by atoms with Crippen molar-refractivity contribution >= 4 is 11.6 Å². The number of anilines is 1. The number of aryl methyl sites for hydroxylation is 1. The van der Waals surface area contributed by atoms with Crippen molar-refractivity contribution in [2.45, 2.75) is 57.6 Å². The van der Waals surface area contributed by atoms with Crippen LogP contribution in [0.25, 0.3) is 0 Å². The second kappa shape index (κ2) is 7.54. The third-order valence-corrected chi connectivity index (χ3v) is 5.67. The molecule has 1 saturated heterocycles. The normalized spacial score (nSPS) is 18.9. The van der Waals surface area contributed by atoms with Crippen molar-refractivity contribution in [3.05, 3.63) is 46.6 Å². The van der Waals surface area contributed by atoms with Gasteiger partial charge in [0.1, 0.15) is 11.4 Å². The van der Waals surface area contributed by atoms with Crippen LogP contribution in [-0.2, 0) is 0 Å². The lowest BCUT2D eigenvalue weighted by Crippen LogP contribution is -2.37. The summed E-state index contributed by atoms with van der Waals surface area (Å²) in [5.74, 6) is 0.364. The Kier molecular flexibility index (Phi) is 5.10. The minimum absolute atomic E-state index is 0.238. The highest BCUT2D eigenvalue weighted by Crippen LogP contribution is 2.42. The summed E-state index contributed by atoms with van der Waals surface area (Å²) in [6, 6.07) is 4.29. The topological polar surface area (TPSA) is 78.6 Å². The van der Waals surface area contributed by atoms with Gasteiger partial charge in [0.2, 0.25) is 0 Å². The largest absolute Gasteiger partial charge is 0.393 e. The Bertz CT molecular complexity index is 870. The third-order valence-electron chi connectivity index (χ3n) is 5.67. The van der Waals surface area contributed by atoms with Gasteiger partial charge in [0, 0.05) is 30.3 Å². The zero-order chi connectivity index (χ0) is 19.8. The van der Waals surface area contributed by atoms with Crippen LogP contribution in [0.3, 0.4) is 0 Å². The quantitative estimate of drug-likeness (QED) is 0.822. The van der Waals surface area contributed by atoms with Crippen molar-refractivity contribution in [2.24, 2.45) is 0 Å². The Morgan fingerprint density at radius 3 is 2.71 bits per heavy atom. The molecule has 1 aromatic heterocycles. The molecule has 1 aromatic carbocycles. The molecule has 2 heterocycles. The van der Waals surface area contributed by atoms with E-state index in [1.165, 1.54) is 12.1 Å². The molecule has 6 nitrogen and oxygen atoms in total. The molecular weight excluding hydrogens is 361 g/mol. The fraction of sp³-hybridized carbons (Fsp3) is 0.524. The number of amides is 1. The van der Waals surface area contributed by atoms with Crippen LogP contribution in [0.1, 0.15) is 71.9 Å². The van der Waals surface area contributed by atoms with Crippen molar-refractivity contribution < 1.29 is 18.8 Å². The van der Waals surface area contributed by atoms with E-state index in [1.807, 2.05) is 6.92 Å². The number of carbonyl (C=O) groups is 1. The lowest BCUT2D eigenvalue weighted by molar-refractivity contribution is 0.0937. The van der Waals surface area contributed by atoms with Crippen molar-refractivity contribution in [1.82, 2.24) is 10.5 Å². The van der Waals surface area contributed by atoms with Crippen LogP contribution in [0.2, 0.25) is 0 Å². The maximum atomic E-state index is 14.0. The molecule has 2 N–H and O–H groups in total. The van der Waals surface area contributed by atoms with Gasteiger partial charge in [-0.3, -0.25) is 4.79 Å². The standard InChI is InChI=1S/C21H26FN3O3/c1-12(23-21(27)19-13(2)24-28-20(19)14-3-4-14)17-11-15(22)5-6-18(17)25-9-7-16(26)8-10-25/h5-6,11-12,14,16,26H,3-4,7-10H2,1-2H3,(H,23,27)/t12-/m1/s1. The molecule has 0 bridgehead atoms. The SMILES string of the molecule is Cc1noc(C2CC2)c1C(=O)N[C@H](C)c1cc(F)ccc1N1CCC(O)CC1. The van der Waals surface area contributed by atoms with Gasteiger partial charge in [-0.2, -0.15) is 0 Å². The Morgan fingerprint density at radius 2 is 2.04 bits per heavy atom. The third kappa shape index (κ3) is 3.76. The molecule has 0 radical (unpaired) electrons. The van der Waals surface area contributed by atoms with Crippen molar-refractivity contribution in [2.75, 3.05) is 18.0 Å². The Morgan fingerprint density at radius 1 is 1.32 bits per heavy atom. The summed E-state index contributed by atoms with van der Waals surface area (Å²) < 4.78 is 19.4. The van der Waals surface area contributed by atoms with E-state index in [4.69, 9.17) is 4.52 Å². The molecule has 2 fully saturated rings. The lowest BCUT2D eigenvalue weighted by atomic mass is 10.0. The second-order valence-electron chi connectivity index (χ2n) is 7.90. The number of rotatable bonds is 5. The number of aromatic nitrogens is 1. The van der Waals surface area contributed by atoms with Crippen LogP contribution in [0.4, 0.5) is 10.1 Å². The number of nitrogens with one attached hydrogen (secondary N) is 1. The number of nitrogens with zero attached hydrogens (tertiary/aromatic N) is 2. The van der Waals surface area contributed by atoms with E-state index < -0.39 is 0 Å². The molecule has 0 spiro atoms. The summed E-state index contributed by atoms with van der Waals surface area (Å²) in [6.45, 7) is 5.03. The van der Waals surface area contributed by atoms with Crippen LogP contribution in [0.5, 0.6) is 0 Å². The van der Waals surface area contributed by atoms with Gasteiger partial charge in [0.25, 0.3) is 5.91 Å². The first kappa shape index (κ1) is 18.9. The second-order valence-corrected chi connectivity index (χ2v) is 7.90. The molecule has 1 aliphatic heterocycles. The summed E-state index contributed by atoms with van der Waals surface area (Å²) in [7, 11) is 0. The minimum atomic E-state index is -0.383. The van der Waals surface area contributed by atoms with Crippen molar-refractivity contribution in [1.29, 1.82) is 0 Å². The number of halogens is 1. The van der Waals surface area contributed by atoms with E-state index >= 15 is 0 Å². The highest BCUT2D eigenvalue weighted by molar-refractivity contribution is 5.96. The number of carbonyl (C=O) groups excluding carboxylic acids is 1. The Labute approximate surface area is 163 Å². The molecule has 7 heteroatoms. The van der Waals surface area contributed by atoms with Crippen molar-refractivity contribution in [3.8, 4) is 0 Å². The van der Waals surface area contributed by atoms with Gasteiger partial charge in [0.15, 0.2) is 5.76 Å². The maximum absolute atomic E-state index is 14.0. The summed E-state index contributed by atoms with van der Waals surface area (Å²) in [6.07, 6.45) is 3.11. The average Bonchev–Trinajstić information content (AvgIpc) is 3.44. The predicted octanol–water partition coefficient (Wildman–Crippen LogP) is 3.45. The predicted molar refractivity (Wildman–Crippen MR) is 103 cm³/mol. The monoisotopic (exact) mass is 387 g/mol. The molecule has 1 amide bonds. The molecular formula is C21H26FN3O3. The molecule has 2 aromatic rings. The highest BCUT2D eigenvalue weighted by atomic mass is 19.1. The smallest absolute Gasteiger partial charge is 0.257 e. The maximum Gasteiger partial charge on any atom is 0.257 e. The summed E-state index contributed by atoms with van der Waals surface area (Å²) in [5.41, 5.74) is 2.71. The molecule has 4 rings (SSSR count). The van der Waals surface area contributed by atoms with Gasteiger partial charge >= 0.3 is 0 Å². The van der Waals surface area contributed by atoms with E-state index in [9.17, 15) is 14.3 Å². The number of hydrogen-bond acceptors (Lipinski definition) is 5. The Hall–Kier alpha value is -2.41. The van der Waals surface area contributed by atoms with Crippen LogP contribution >= 0.6 is 0 Å². The zero-order valence-corrected chi connectivity index (χ0v) is 16.2. The van der Waals surface area contributed by atoms with Crippen LogP contribution in [-0.4, -0.2) is 35.4 Å². The lowest BCUT2D eigenvalue weighted by Gasteiger charge is -2.34.